The smallest absolute Gasteiger partial charge is 0.115 e. The van der Waals surface area contributed by atoms with Crippen molar-refractivity contribution in [2.75, 3.05) is 14.1 Å². The molecule has 0 aromatic heterocycles. The van der Waals surface area contributed by atoms with Crippen molar-refractivity contribution in [3.8, 4) is 0 Å². The Balaban J connectivity index is 1.64. The second-order valence-electron chi connectivity index (χ2n) is 9.00. The highest BCUT2D eigenvalue weighted by Gasteiger charge is 2.48. The molecule has 2 aliphatic heterocycles. The van der Waals surface area contributed by atoms with Crippen molar-refractivity contribution in [1.29, 1.82) is 0 Å². The minimum Gasteiger partial charge on any atom is -0.380 e. The molecule has 0 saturated carbocycles. The summed E-state index contributed by atoms with van der Waals surface area (Å²) >= 11 is 0. The van der Waals surface area contributed by atoms with E-state index in [4.69, 9.17) is 0 Å². The first-order chi connectivity index (χ1) is 12.5. The zero-order chi connectivity index (χ0) is 18.2. The second kappa shape index (κ2) is 6.83. The zero-order valence-electron chi connectivity index (χ0n) is 16.1. The fourth-order valence-corrected chi connectivity index (χ4v) is 5.61. The molecule has 2 saturated heterocycles. The number of hydrogen-bond donors (Lipinski definition) is 1. The van der Waals surface area contributed by atoms with Gasteiger partial charge in [0, 0.05) is 12.8 Å². The van der Waals surface area contributed by atoms with E-state index in [1.54, 1.807) is 0 Å². The number of piperidine rings is 2. The summed E-state index contributed by atoms with van der Waals surface area (Å²) in [5.41, 5.74) is 1.15. The molecule has 3 atom stereocenters. The largest absolute Gasteiger partial charge is 0.380 e. The van der Waals surface area contributed by atoms with Gasteiger partial charge in [-0.1, -0.05) is 60.7 Å². The summed E-state index contributed by atoms with van der Waals surface area (Å²) in [5, 5.41) is 11.9. The Labute approximate surface area is 158 Å². The van der Waals surface area contributed by atoms with Crippen LogP contribution < -0.4 is 0 Å². The highest BCUT2D eigenvalue weighted by molar-refractivity contribution is 5.36. The van der Waals surface area contributed by atoms with Crippen LogP contribution in [0, 0.1) is 5.92 Å². The molecule has 2 heterocycles. The Hall–Kier alpha value is -1.64. The van der Waals surface area contributed by atoms with Gasteiger partial charge < -0.3 is 9.59 Å². The maximum Gasteiger partial charge on any atom is 0.115 e. The number of fused-ring (bicyclic) bond motifs is 2. The molecule has 0 radical (unpaired) electrons. The summed E-state index contributed by atoms with van der Waals surface area (Å²) in [7, 11) is 4.84. The van der Waals surface area contributed by atoms with Crippen molar-refractivity contribution >= 4 is 0 Å². The molecule has 2 fully saturated rings. The summed E-state index contributed by atoms with van der Waals surface area (Å²) < 4.78 is 1.19. The predicted octanol–water partition coefficient (Wildman–Crippen LogP) is 4.72. The van der Waals surface area contributed by atoms with Gasteiger partial charge in [0.15, 0.2) is 0 Å². The summed E-state index contributed by atoms with van der Waals surface area (Å²) in [6.45, 7) is 0. The van der Waals surface area contributed by atoms with Gasteiger partial charge in [-0.15, -0.1) is 0 Å². The normalized spacial score (nSPS) is 27.9. The number of benzene rings is 2. The van der Waals surface area contributed by atoms with E-state index in [-0.39, 0.29) is 0 Å². The number of nitrogens with zero attached hydrogens (tertiary/aromatic N) is 1. The topological polar surface area (TPSA) is 20.2 Å². The first-order valence-electron chi connectivity index (χ1n) is 10.2. The maximum absolute atomic E-state index is 11.9. The molecule has 4 rings (SSSR count). The average molecular weight is 351 g/mol. The van der Waals surface area contributed by atoms with Crippen molar-refractivity contribution in [1.82, 2.24) is 0 Å². The molecule has 2 bridgehead atoms. The Morgan fingerprint density at radius 2 is 1.31 bits per heavy atom. The van der Waals surface area contributed by atoms with E-state index in [9.17, 15) is 5.11 Å². The minimum absolute atomic E-state index is 0.585. The van der Waals surface area contributed by atoms with Gasteiger partial charge in [0.1, 0.15) is 5.60 Å². The number of rotatable bonds is 4. The van der Waals surface area contributed by atoms with Crippen LogP contribution in [0.25, 0.3) is 0 Å². The predicted molar refractivity (Wildman–Crippen MR) is 107 cm³/mol. The molecule has 0 amide bonds. The molecule has 0 aliphatic carbocycles. The summed E-state index contributed by atoms with van der Waals surface area (Å²) in [6, 6.07) is 22.0. The maximum atomic E-state index is 11.9. The van der Waals surface area contributed by atoms with Gasteiger partial charge in [0.2, 0.25) is 0 Å². The first kappa shape index (κ1) is 17.8. The molecule has 2 aliphatic rings. The van der Waals surface area contributed by atoms with E-state index in [1.165, 1.54) is 36.6 Å². The second-order valence-corrected chi connectivity index (χ2v) is 9.00. The fraction of sp³-hybridized carbons (Fsp3) is 0.500. The van der Waals surface area contributed by atoms with Crippen LogP contribution in [-0.2, 0) is 5.60 Å². The van der Waals surface area contributed by atoms with Crippen molar-refractivity contribution < 1.29 is 9.59 Å². The molecule has 2 aromatic rings. The van der Waals surface area contributed by atoms with Crippen LogP contribution in [0.5, 0.6) is 0 Å². The van der Waals surface area contributed by atoms with Crippen LogP contribution in [0.2, 0.25) is 0 Å². The van der Waals surface area contributed by atoms with Crippen molar-refractivity contribution in [2.24, 2.45) is 5.92 Å². The van der Waals surface area contributed by atoms with Crippen molar-refractivity contribution in [2.45, 2.75) is 56.2 Å². The Kier molecular flexibility index (Phi) is 4.66. The van der Waals surface area contributed by atoms with Crippen LogP contribution in [0.1, 0.15) is 49.7 Å². The van der Waals surface area contributed by atoms with E-state index < -0.39 is 5.60 Å². The lowest BCUT2D eigenvalue weighted by Gasteiger charge is -2.54. The van der Waals surface area contributed by atoms with E-state index in [0.717, 1.165) is 29.6 Å². The lowest BCUT2D eigenvalue weighted by molar-refractivity contribution is -0.950. The third-order valence-corrected chi connectivity index (χ3v) is 7.25. The molecule has 0 spiro atoms. The number of hydrogen-bond acceptors (Lipinski definition) is 1. The van der Waals surface area contributed by atoms with Crippen molar-refractivity contribution in [3.05, 3.63) is 71.8 Å². The quantitative estimate of drug-likeness (QED) is 0.791. The number of quaternary nitrogens is 1. The molecular weight excluding hydrogens is 318 g/mol. The highest BCUT2D eigenvalue weighted by Crippen LogP contribution is 2.45. The molecule has 26 heavy (non-hydrogen) atoms. The Morgan fingerprint density at radius 3 is 1.77 bits per heavy atom. The number of aliphatic hydroxyl groups is 1. The monoisotopic (exact) mass is 350 g/mol. The third kappa shape index (κ3) is 3.10. The van der Waals surface area contributed by atoms with Crippen LogP contribution in [0.15, 0.2) is 60.7 Å². The Morgan fingerprint density at radius 1 is 0.846 bits per heavy atom. The Bertz CT molecular complexity index is 669. The van der Waals surface area contributed by atoms with Crippen LogP contribution in [0.4, 0.5) is 0 Å². The standard InChI is InChI=1S/C24H32NO/c1-25(2)22-14-9-15-23(25)17-19(16-22)18-24(26,20-10-5-3-6-11-20)21-12-7-4-8-13-21/h3-8,10-13,19,22-23,26H,9,14-18H2,1-2H3/q+1/t19?,22-,23+. The molecule has 1 N–H and O–H groups in total. The molecule has 2 aromatic carbocycles. The average Bonchev–Trinajstić information content (AvgIpc) is 2.64. The highest BCUT2D eigenvalue weighted by atomic mass is 16.3. The fourth-order valence-electron chi connectivity index (χ4n) is 5.61. The van der Waals surface area contributed by atoms with Crippen molar-refractivity contribution in [3.63, 3.8) is 0 Å². The van der Waals surface area contributed by atoms with E-state index in [2.05, 4.69) is 38.4 Å². The summed E-state index contributed by atoms with van der Waals surface area (Å²) in [6.07, 6.45) is 7.38. The van der Waals surface area contributed by atoms with Gasteiger partial charge in [-0.05, 0) is 42.7 Å². The first-order valence-corrected chi connectivity index (χ1v) is 10.2. The van der Waals surface area contributed by atoms with Gasteiger partial charge in [-0.25, -0.2) is 0 Å². The molecule has 2 nitrogen and oxygen atoms in total. The van der Waals surface area contributed by atoms with E-state index in [0.29, 0.717) is 5.92 Å². The van der Waals surface area contributed by atoms with Gasteiger partial charge in [-0.3, -0.25) is 0 Å². The summed E-state index contributed by atoms with van der Waals surface area (Å²) in [4.78, 5) is 0. The van der Waals surface area contributed by atoms with E-state index in [1.807, 2.05) is 36.4 Å². The van der Waals surface area contributed by atoms with Crippen LogP contribution in [0.3, 0.4) is 0 Å². The lowest BCUT2D eigenvalue weighted by Crippen LogP contribution is -2.62. The van der Waals surface area contributed by atoms with E-state index >= 15 is 0 Å². The van der Waals surface area contributed by atoms with Crippen LogP contribution in [-0.4, -0.2) is 35.8 Å². The van der Waals surface area contributed by atoms with Crippen LogP contribution >= 0.6 is 0 Å². The molecule has 138 valence electrons. The van der Waals surface area contributed by atoms with Gasteiger partial charge in [0.05, 0.1) is 26.2 Å². The minimum atomic E-state index is -0.893. The third-order valence-electron chi connectivity index (χ3n) is 7.25. The molecule has 1 unspecified atom stereocenters. The van der Waals surface area contributed by atoms with Gasteiger partial charge >= 0.3 is 0 Å². The molecule has 2 heteroatoms. The lowest BCUT2D eigenvalue weighted by atomic mass is 9.70. The van der Waals surface area contributed by atoms with Gasteiger partial charge in [-0.2, -0.15) is 0 Å². The SMILES string of the molecule is C[N+]1(C)[C@@H]2CCC[C@H]1CC(CC(O)(c1ccccc1)c1ccccc1)C2. The summed E-state index contributed by atoms with van der Waals surface area (Å²) in [5.74, 6) is 0.585. The zero-order valence-corrected chi connectivity index (χ0v) is 16.1. The van der Waals surface area contributed by atoms with Gasteiger partial charge in [0.25, 0.3) is 0 Å². The molecular formula is C24H32NO+.